The molecule has 2 aromatic rings. The highest BCUT2D eigenvalue weighted by atomic mass is 32.1. The number of hydrogen-bond acceptors (Lipinski definition) is 5. The fraction of sp³-hybridized carbons (Fsp3) is 0.250. The van der Waals surface area contributed by atoms with Crippen LogP contribution < -0.4 is 20.5 Å². The van der Waals surface area contributed by atoms with Crippen molar-refractivity contribution in [2.75, 3.05) is 18.5 Å². The van der Waals surface area contributed by atoms with E-state index in [1.807, 2.05) is 19.1 Å². The van der Waals surface area contributed by atoms with Crippen LogP contribution in [0.25, 0.3) is 0 Å². The molecule has 0 bridgehead atoms. The van der Waals surface area contributed by atoms with Gasteiger partial charge < -0.3 is 20.5 Å². The van der Waals surface area contributed by atoms with Crippen LogP contribution in [0.5, 0.6) is 11.5 Å². The van der Waals surface area contributed by atoms with Gasteiger partial charge >= 0.3 is 0 Å². The van der Waals surface area contributed by atoms with Gasteiger partial charge in [0.15, 0.2) is 0 Å². The Hall–Kier alpha value is -2.54. The van der Waals surface area contributed by atoms with E-state index in [0.29, 0.717) is 22.9 Å². The number of ether oxygens (including phenoxy) is 2. The first-order valence-electron chi connectivity index (χ1n) is 7.13. The van der Waals surface area contributed by atoms with E-state index in [0.717, 1.165) is 5.75 Å². The molecule has 0 aliphatic heterocycles. The molecule has 7 heteroatoms. The molecule has 1 aromatic carbocycles. The standard InChI is InChI=1S/C16H18N2O4S/c1-2-21-11-3-5-12(6-4-11)22-9-7-14(19)18-16-13(15(17)20)8-10-23-16/h3-6,8,10H,2,7,9H2,1H3,(H2,17,20)(H,18,19). The smallest absolute Gasteiger partial charge is 0.251 e. The van der Waals surface area contributed by atoms with E-state index in [1.165, 1.54) is 11.3 Å². The van der Waals surface area contributed by atoms with Crippen molar-refractivity contribution in [3.05, 3.63) is 41.3 Å². The van der Waals surface area contributed by atoms with Gasteiger partial charge in [0.1, 0.15) is 16.5 Å². The molecule has 0 aliphatic rings. The van der Waals surface area contributed by atoms with Gasteiger partial charge in [-0.3, -0.25) is 9.59 Å². The first kappa shape index (κ1) is 16.8. The number of nitrogens with one attached hydrogen (secondary N) is 1. The molecule has 0 fully saturated rings. The lowest BCUT2D eigenvalue weighted by molar-refractivity contribution is -0.116. The van der Waals surface area contributed by atoms with Crippen molar-refractivity contribution in [3.63, 3.8) is 0 Å². The summed E-state index contributed by atoms with van der Waals surface area (Å²) in [4.78, 5) is 23.0. The second-order valence-electron chi connectivity index (χ2n) is 4.58. The molecular weight excluding hydrogens is 316 g/mol. The first-order chi connectivity index (χ1) is 11.1. The number of rotatable bonds is 8. The van der Waals surface area contributed by atoms with Crippen LogP contribution in [0.3, 0.4) is 0 Å². The lowest BCUT2D eigenvalue weighted by Gasteiger charge is -2.08. The number of amides is 2. The van der Waals surface area contributed by atoms with Crippen molar-refractivity contribution >= 4 is 28.2 Å². The monoisotopic (exact) mass is 334 g/mol. The summed E-state index contributed by atoms with van der Waals surface area (Å²) in [7, 11) is 0. The highest BCUT2D eigenvalue weighted by Gasteiger charge is 2.12. The summed E-state index contributed by atoms with van der Waals surface area (Å²) in [5, 5.41) is 4.82. The van der Waals surface area contributed by atoms with Gasteiger partial charge in [-0.2, -0.15) is 0 Å². The Labute approximate surface area is 138 Å². The van der Waals surface area contributed by atoms with Crippen LogP contribution in [0.1, 0.15) is 23.7 Å². The third kappa shape index (κ3) is 5.00. The quantitative estimate of drug-likeness (QED) is 0.776. The van der Waals surface area contributed by atoms with Crippen LogP contribution in [0.15, 0.2) is 35.7 Å². The summed E-state index contributed by atoms with van der Waals surface area (Å²) in [5.41, 5.74) is 5.54. The second kappa shape index (κ2) is 8.19. The third-order valence-corrected chi connectivity index (χ3v) is 3.75. The molecule has 122 valence electrons. The molecular formula is C16H18N2O4S. The fourth-order valence-corrected chi connectivity index (χ4v) is 2.66. The van der Waals surface area contributed by atoms with E-state index < -0.39 is 5.91 Å². The van der Waals surface area contributed by atoms with Crippen LogP contribution in [-0.2, 0) is 4.79 Å². The zero-order chi connectivity index (χ0) is 16.7. The highest BCUT2D eigenvalue weighted by molar-refractivity contribution is 7.14. The zero-order valence-corrected chi connectivity index (χ0v) is 13.5. The van der Waals surface area contributed by atoms with Crippen molar-refractivity contribution in [1.29, 1.82) is 0 Å². The molecule has 0 radical (unpaired) electrons. The Morgan fingerprint density at radius 1 is 1.13 bits per heavy atom. The van der Waals surface area contributed by atoms with Gasteiger partial charge in [0.2, 0.25) is 5.91 Å². The molecule has 1 aromatic heterocycles. The Morgan fingerprint density at radius 3 is 2.39 bits per heavy atom. The van der Waals surface area contributed by atoms with Crippen LogP contribution in [-0.4, -0.2) is 25.0 Å². The first-order valence-corrected chi connectivity index (χ1v) is 8.01. The summed E-state index contributed by atoms with van der Waals surface area (Å²) in [6.07, 6.45) is 0.170. The van der Waals surface area contributed by atoms with Crippen molar-refractivity contribution in [2.24, 2.45) is 5.73 Å². The molecule has 23 heavy (non-hydrogen) atoms. The molecule has 2 rings (SSSR count). The van der Waals surface area contributed by atoms with Crippen molar-refractivity contribution in [1.82, 2.24) is 0 Å². The Morgan fingerprint density at radius 2 is 1.78 bits per heavy atom. The molecule has 0 unspecified atom stereocenters. The summed E-state index contributed by atoms with van der Waals surface area (Å²) in [6.45, 7) is 2.76. The Balaban J connectivity index is 1.78. The van der Waals surface area contributed by atoms with E-state index in [9.17, 15) is 9.59 Å². The Kier molecular flexibility index (Phi) is 5.99. The minimum atomic E-state index is -0.563. The van der Waals surface area contributed by atoms with Crippen molar-refractivity contribution in [3.8, 4) is 11.5 Å². The number of thiophene rings is 1. The van der Waals surface area contributed by atoms with Crippen LogP contribution in [0, 0.1) is 0 Å². The fourth-order valence-electron chi connectivity index (χ4n) is 1.85. The van der Waals surface area contributed by atoms with Gasteiger partial charge in [-0.1, -0.05) is 0 Å². The summed E-state index contributed by atoms with van der Waals surface area (Å²) in [5.74, 6) is 0.637. The van der Waals surface area contributed by atoms with E-state index >= 15 is 0 Å². The van der Waals surface area contributed by atoms with Gasteiger partial charge in [0, 0.05) is 0 Å². The number of hydrogen-bond donors (Lipinski definition) is 2. The van der Waals surface area contributed by atoms with E-state index in [1.54, 1.807) is 23.6 Å². The predicted octanol–water partition coefficient (Wildman–Crippen LogP) is 2.65. The number of carbonyl (C=O) groups excluding carboxylic acids is 2. The number of primary amides is 1. The maximum atomic E-state index is 11.9. The maximum Gasteiger partial charge on any atom is 0.251 e. The summed E-state index contributed by atoms with van der Waals surface area (Å²) in [6, 6.07) is 8.77. The van der Waals surface area contributed by atoms with Crippen LogP contribution >= 0.6 is 11.3 Å². The SMILES string of the molecule is CCOc1ccc(OCCC(=O)Nc2sccc2C(N)=O)cc1. The third-order valence-electron chi connectivity index (χ3n) is 2.92. The van der Waals surface area contributed by atoms with E-state index in [4.69, 9.17) is 15.2 Å². The largest absolute Gasteiger partial charge is 0.494 e. The maximum absolute atomic E-state index is 11.9. The average molecular weight is 334 g/mol. The molecule has 0 spiro atoms. The molecule has 3 N–H and O–H groups in total. The van der Waals surface area contributed by atoms with Gasteiger partial charge in [0.25, 0.3) is 5.91 Å². The second-order valence-corrected chi connectivity index (χ2v) is 5.49. The Bertz CT molecular complexity index is 667. The van der Waals surface area contributed by atoms with Crippen molar-refractivity contribution in [2.45, 2.75) is 13.3 Å². The van der Waals surface area contributed by atoms with Crippen LogP contribution in [0.2, 0.25) is 0 Å². The van der Waals surface area contributed by atoms with Crippen molar-refractivity contribution < 1.29 is 19.1 Å². The molecule has 0 saturated carbocycles. The number of anilines is 1. The minimum Gasteiger partial charge on any atom is -0.494 e. The van der Waals surface area contributed by atoms with Gasteiger partial charge in [0.05, 0.1) is 25.2 Å². The van der Waals surface area contributed by atoms with E-state index in [-0.39, 0.29) is 18.9 Å². The molecule has 0 saturated heterocycles. The average Bonchev–Trinajstić information content (AvgIpc) is 2.97. The lowest BCUT2D eigenvalue weighted by Crippen LogP contribution is -2.18. The summed E-state index contributed by atoms with van der Waals surface area (Å²) >= 11 is 1.25. The molecule has 2 amide bonds. The minimum absolute atomic E-state index is 0.170. The predicted molar refractivity (Wildman–Crippen MR) is 89.2 cm³/mol. The summed E-state index contributed by atoms with van der Waals surface area (Å²) < 4.78 is 10.8. The molecule has 6 nitrogen and oxygen atoms in total. The zero-order valence-electron chi connectivity index (χ0n) is 12.7. The number of carbonyl (C=O) groups is 2. The molecule has 0 atom stereocenters. The highest BCUT2D eigenvalue weighted by Crippen LogP contribution is 2.23. The molecule has 0 aliphatic carbocycles. The lowest BCUT2D eigenvalue weighted by atomic mass is 10.3. The van der Waals surface area contributed by atoms with Crippen LogP contribution in [0.4, 0.5) is 5.00 Å². The van der Waals surface area contributed by atoms with Gasteiger partial charge in [-0.15, -0.1) is 11.3 Å². The van der Waals surface area contributed by atoms with E-state index in [2.05, 4.69) is 5.32 Å². The van der Waals surface area contributed by atoms with Gasteiger partial charge in [-0.25, -0.2) is 0 Å². The topological polar surface area (TPSA) is 90.7 Å². The number of nitrogens with two attached hydrogens (primary N) is 1. The number of benzene rings is 1. The van der Waals surface area contributed by atoms with Gasteiger partial charge in [-0.05, 0) is 42.6 Å². The normalized spacial score (nSPS) is 10.1. The molecule has 1 heterocycles.